The molecule has 1 fully saturated rings. The number of carbonyl (C=O) groups is 1. The fraction of sp³-hybridized carbons (Fsp3) is 0.409. The molecule has 1 saturated heterocycles. The van der Waals surface area contributed by atoms with Crippen LogP contribution in [-0.2, 0) is 14.8 Å². The summed E-state index contributed by atoms with van der Waals surface area (Å²) in [5.41, 5.74) is 0.493. The zero-order valence-electron chi connectivity index (χ0n) is 18.6. The lowest BCUT2D eigenvalue weighted by molar-refractivity contribution is -0.120. The first-order valence-corrected chi connectivity index (χ1v) is 11.5. The molecule has 0 spiro atoms. The maximum Gasteiger partial charge on any atom is 0.246 e. The summed E-state index contributed by atoms with van der Waals surface area (Å²) < 4.78 is 49.0. The number of hydrogen-bond acceptors (Lipinski definition) is 7. The van der Waals surface area contributed by atoms with Crippen molar-refractivity contribution < 1.29 is 32.2 Å². The number of ether oxygens (including phenoxy) is 4. The van der Waals surface area contributed by atoms with E-state index in [4.69, 9.17) is 18.9 Å². The van der Waals surface area contributed by atoms with Crippen LogP contribution < -0.4 is 24.3 Å². The van der Waals surface area contributed by atoms with Gasteiger partial charge in [-0.2, -0.15) is 4.31 Å². The SMILES string of the molecule is COc1ccc(NC(=O)[C@H]2CCCN(S(=O)(=O)c3cc(OC)ccc3OC)C2)c(OC)c1. The van der Waals surface area contributed by atoms with Gasteiger partial charge in [-0.1, -0.05) is 0 Å². The average molecular weight is 465 g/mol. The van der Waals surface area contributed by atoms with Gasteiger partial charge < -0.3 is 24.3 Å². The highest BCUT2D eigenvalue weighted by atomic mass is 32.2. The van der Waals surface area contributed by atoms with Crippen molar-refractivity contribution in [3.63, 3.8) is 0 Å². The van der Waals surface area contributed by atoms with Crippen molar-refractivity contribution in [1.82, 2.24) is 4.31 Å². The Morgan fingerprint density at radius 3 is 2.25 bits per heavy atom. The molecule has 1 aliphatic heterocycles. The highest BCUT2D eigenvalue weighted by molar-refractivity contribution is 7.89. The van der Waals surface area contributed by atoms with E-state index < -0.39 is 15.9 Å². The summed E-state index contributed by atoms with van der Waals surface area (Å²) in [6, 6.07) is 9.68. The Bertz CT molecular complexity index is 1070. The summed E-state index contributed by atoms with van der Waals surface area (Å²) in [6.45, 7) is 0.380. The maximum atomic E-state index is 13.4. The quantitative estimate of drug-likeness (QED) is 0.641. The lowest BCUT2D eigenvalue weighted by Gasteiger charge is -2.31. The third-order valence-electron chi connectivity index (χ3n) is 5.41. The van der Waals surface area contributed by atoms with Gasteiger partial charge in [0, 0.05) is 25.2 Å². The van der Waals surface area contributed by atoms with Crippen LogP contribution in [0.3, 0.4) is 0 Å². The Kier molecular flexibility index (Phi) is 7.47. The van der Waals surface area contributed by atoms with Crippen molar-refractivity contribution >= 4 is 21.6 Å². The zero-order chi connectivity index (χ0) is 23.3. The van der Waals surface area contributed by atoms with Gasteiger partial charge in [-0.3, -0.25) is 4.79 Å². The van der Waals surface area contributed by atoms with Gasteiger partial charge in [0.15, 0.2) is 0 Å². The summed E-state index contributed by atoms with van der Waals surface area (Å²) in [7, 11) is 2.03. The van der Waals surface area contributed by atoms with Crippen molar-refractivity contribution in [1.29, 1.82) is 0 Å². The molecule has 0 unspecified atom stereocenters. The molecule has 9 nitrogen and oxygen atoms in total. The summed E-state index contributed by atoms with van der Waals surface area (Å²) in [4.78, 5) is 13.0. The number of benzene rings is 2. The molecule has 3 rings (SSSR count). The number of hydrogen-bond donors (Lipinski definition) is 1. The van der Waals surface area contributed by atoms with E-state index in [2.05, 4.69) is 5.32 Å². The van der Waals surface area contributed by atoms with E-state index in [1.165, 1.54) is 31.7 Å². The largest absolute Gasteiger partial charge is 0.497 e. The van der Waals surface area contributed by atoms with Crippen molar-refractivity contribution in [2.24, 2.45) is 5.92 Å². The second-order valence-corrected chi connectivity index (χ2v) is 9.18. The second kappa shape index (κ2) is 10.1. The summed E-state index contributed by atoms with van der Waals surface area (Å²) >= 11 is 0. The van der Waals surface area contributed by atoms with Crippen LogP contribution in [0, 0.1) is 5.92 Å². The van der Waals surface area contributed by atoms with E-state index in [0.29, 0.717) is 42.3 Å². The fourth-order valence-electron chi connectivity index (χ4n) is 3.64. The second-order valence-electron chi connectivity index (χ2n) is 7.27. The Labute approximate surface area is 188 Å². The molecule has 1 N–H and O–H groups in total. The first kappa shape index (κ1) is 23.7. The molecule has 2 aromatic rings. The number of nitrogens with zero attached hydrogens (tertiary/aromatic N) is 1. The molecular weight excluding hydrogens is 436 g/mol. The molecule has 0 radical (unpaired) electrons. The smallest absolute Gasteiger partial charge is 0.246 e. The lowest BCUT2D eigenvalue weighted by Crippen LogP contribution is -2.43. The first-order valence-electron chi connectivity index (χ1n) is 10.1. The third-order valence-corrected chi connectivity index (χ3v) is 7.30. The monoisotopic (exact) mass is 464 g/mol. The van der Waals surface area contributed by atoms with Crippen molar-refractivity contribution in [3.05, 3.63) is 36.4 Å². The molecule has 0 aliphatic carbocycles. The number of piperidine rings is 1. The number of nitrogens with one attached hydrogen (secondary N) is 1. The average Bonchev–Trinajstić information content (AvgIpc) is 2.83. The zero-order valence-corrected chi connectivity index (χ0v) is 19.4. The molecule has 0 bridgehead atoms. The predicted octanol–water partition coefficient (Wildman–Crippen LogP) is 2.76. The lowest BCUT2D eigenvalue weighted by atomic mass is 9.98. The maximum absolute atomic E-state index is 13.4. The van der Waals surface area contributed by atoms with Crippen LogP contribution in [0.4, 0.5) is 5.69 Å². The molecular formula is C22H28N2O7S. The molecule has 10 heteroatoms. The third kappa shape index (κ3) is 4.91. The number of amides is 1. The van der Waals surface area contributed by atoms with E-state index >= 15 is 0 Å². The van der Waals surface area contributed by atoms with Gasteiger partial charge in [0.05, 0.1) is 40.0 Å². The Hall–Kier alpha value is -2.98. The number of methoxy groups -OCH3 is 4. The Balaban J connectivity index is 1.80. The van der Waals surface area contributed by atoms with Crippen LogP contribution in [0.15, 0.2) is 41.3 Å². The summed E-state index contributed by atoms with van der Waals surface area (Å²) in [5.74, 6) is 0.900. The van der Waals surface area contributed by atoms with Crippen molar-refractivity contribution in [2.75, 3.05) is 46.8 Å². The van der Waals surface area contributed by atoms with E-state index in [-0.39, 0.29) is 23.1 Å². The van der Waals surface area contributed by atoms with E-state index in [9.17, 15) is 13.2 Å². The highest BCUT2D eigenvalue weighted by Gasteiger charge is 2.35. The molecule has 0 aromatic heterocycles. The minimum Gasteiger partial charge on any atom is -0.497 e. The van der Waals surface area contributed by atoms with E-state index in [1.54, 1.807) is 37.4 Å². The molecule has 0 saturated carbocycles. The Morgan fingerprint density at radius 1 is 0.938 bits per heavy atom. The Morgan fingerprint density at radius 2 is 1.59 bits per heavy atom. The highest BCUT2D eigenvalue weighted by Crippen LogP contribution is 2.34. The molecule has 1 heterocycles. The molecule has 1 amide bonds. The van der Waals surface area contributed by atoms with Crippen LogP contribution in [0.1, 0.15) is 12.8 Å². The van der Waals surface area contributed by atoms with Gasteiger partial charge in [0.25, 0.3) is 0 Å². The number of anilines is 1. The molecule has 174 valence electrons. The topological polar surface area (TPSA) is 103 Å². The molecule has 2 aromatic carbocycles. The van der Waals surface area contributed by atoms with Crippen molar-refractivity contribution in [2.45, 2.75) is 17.7 Å². The summed E-state index contributed by atoms with van der Waals surface area (Å²) in [5, 5.41) is 2.85. The minimum absolute atomic E-state index is 0.0113. The van der Waals surface area contributed by atoms with Crippen molar-refractivity contribution in [3.8, 4) is 23.0 Å². The van der Waals surface area contributed by atoms with Gasteiger partial charge in [0.1, 0.15) is 27.9 Å². The summed E-state index contributed by atoms with van der Waals surface area (Å²) in [6.07, 6.45) is 1.13. The molecule has 1 aliphatic rings. The number of rotatable bonds is 8. The van der Waals surface area contributed by atoms with Gasteiger partial charge in [0.2, 0.25) is 15.9 Å². The van der Waals surface area contributed by atoms with Crippen LogP contribution in [-0.4, -0.2) is 60.2 Å². The fourth-order valence-corrected chi connectivity index (χ4v) is 5.33. The number of sulfonamides is 1. The van der Waals surface area contributed by atoms with Gasteiger partial charge in [-0.05, 0) is 37.1 Å². The van der Waals surface area contributed by atoms with Crippen LogP contribution >= 0.6 is 0 Å². The van der Waals surface area contributed by atoms with Gasteiger partial charge >= 0.3 is 0 Å². The standard InChI is InChI=1S/C22H28N2O7S/c1-28-16-7-9-18(20(12-16)31-4)23-22(25)15-6-5-11-24(14-15)32(26,27)21-13-17(29-2)8-10-19(21)30-3/h7-10,12-13,15H,5-6,11,14H2,1-4H3,(H,23,25)/t15-/m0/s1. The van der Waals surface area contributed by atoms with Crippen LogP contribution in [0.25, 0.3) is 0 Å². The van der Waals surface area contributed by atoms with E-state index in [0.717, 1.165) is 0 Å². The van der Waals surface area contributed by atoms with Gasteiger partial charge in [-0.15, -0.1) is 0 Å². The van der Waals surface area contributed by atoms with Crippen LogP contribution in [0.5, 0.6) is 23.0 Å². The molecule has 32 heavy (non-hydrogen) atoms. The normalized spacial score (nSPS) is 16.8. The van der Waals surface area contributed by atoms with Crippen LogP contribution in [0.2, 0.25) is 0 Å². The van der Waals surface area contributed by atoms with Gasteiger partial charge in [-0.25, -0.2) is 8.42 Å². The van der Waals surface area contributed by atoms with E-state index in [1.807, 2.05) is 0 Å². The molecule has 1 atom stereocenters. The minimum atomic E-state index is -3.89. The first-order chi connectivity index (χ1) is 15.3. The predicted molar refractivity (Wildman–Crippen MR) is 119 cm³/mol. The number of carbonyl (C=O) groups excluding carboxylic acids is 1.